The van der Waals surface area contributed by atoms with Gasteiger partial charge >= 0.3 is 5.63 Å². The van der Waals surface area contributed by atoms with Crippen LogP contribution in [0.25, 0.3) is 22.4 Å². The summed E-state index contributed by atoms with van der Waals surface area (Å²) < 4.78 is 11.4. The van der Waals surface area contributed by atoms with Crippen LogP contribution in [0.3, 0.4) is 0 Å². The molecular weight excluding hydrogens is 430 g/mol. The first-order chi connectivity index (χ1) is 16.5. The maximum Gasteiger partial charge on any atom is 0.347 e. The molecule has 180 valence electrons. The number of anilines is 1. The van der Waals surface area contributed by atoms with Gasteiger partial charge in [-0.1, -0.05) is 6.42 Å². The number of methoxy groups -OCH3 is 1. The molecule has 5 rings (SSSR count). The van der Waals surface area contributed by atoms with Gasteiger partial charge in [-0.3, -0.25) is 4.90 Å². The molecule has 0 N–H and O–H groups in total. The highest BCUT2D eigenvalue weighted by atomic mass is 16.5. The summed E-state index contributed by atoms with van der Waals surface area (Å²) >= 11 is 0. The fourth-order valence-corrected chi connectivity index (χ4v) is 4.82. The SMILES string of the molecule is COc1cc(C2CCC2)c2c(=O)oc(-c3cccnc3N3CCN(CCN(C)C)CC3)nc2c1. The van der Waals surface area contributed by atoms with Gasteiger partial charge in [-0.25, -0.2) is 14.8 Å². The van der Waals surface area contributed by atoms with Crippen molar-refractivity contribution in [1.82, 2.24) is 19.8 Å². The van der Waals surface area contributed by atoms with E-state index in [-0.39, 0.29) is 5.63 Å². The number of nitrogens with zero attached hydrogens (tertiary/aromatic N) is 5. The van der Waals surface area contributed by atoms with Crippen LogP contribution in [-0.4, -0.2) is 80.2 Å². The molecule has 1 aliphatic heterocycles. The number of piperazine rings is 1. The van der Waals surface area contributed by atoms with Crippen LogP contribution in [0.1, 0.15) is 30.7 Å². The van der Waals surface area contributed by atoms with Crippen LogP contribution in [0.15, 0.2) is 39.7 Å². The Balaban J connectivity index is 1.48. The Labute approximate surface area is 200 Å². The number of ether oxygens (including phenoxy) is 1. The molecule has 0 unspecified atom stereocenters. The second kappa shape index (κ2) is 9.72. The van der Waals surface area contributed by atoms with Gasteiger partial charge in [-0.05, 0) is 56.6 Å². The molecule has 3 heterocycles. The van der Waals surface area contributed by atoms with Gasteiger partial charge in [0.15, 0.2) is 0 Å². The lowest BCUT2D eigenvalue weighted by molar-refractivity contribution is 0.229. The molecular formula is C26H33N5O3. The molecule has 1 aromatic carbocycles. The highest BCUT2D eigenvalue weighted by Gasteiger charge is 2.26. The number of pyridine rings is 1. The Morgan fingerprint density at radius 3 is 2.65 bits per heavy atom. The quantitative estimate of drug-likeness (QED) is 0.529. The van der Waals surface area contributed by atoms with Crippen molar-refractivity contribution in [3.05, 3.63) is 46.4 Å². The van der Waals surface area contributed by atoms with Crippen molar-refractivity contribution in [2.75, 3.05) is 65.4 Å². The van der Waals surface area contributed by atoms with E-state index in [0.29, 0.717) is 22.7 Å². The fourth-order valence-electron chi connectivity index (χ4n) is 4.82. The Kier molecular flexibility index (Phi) is 6.52. The van der Waals surface area contributed by atoms with E-state index in [1.807, 2.05) is 24.3 Å². The minimum absolute atomic E-state index is 0.309. The summed E-state index contributed by atoms with van der Waals surface area (Å²) in [5, 5.41) is 0.578. The van der Waals surface area contributed by atoms with Gasteiger partial charge in [0.05, 0.1) is 23.6 Å². The fraction of sp³-hybridized carbons (Fsp3) is 0.500. The standard InChI is InChI=1S/C26H33N5O3/c1-29(2)10-11-30-12-14-31(15-13-30)24-20(8-5-9-27-24)25-28-22-17-19(33-3)16-21(18-6-4-7-18)23(22)26(32)34-25/h5,8-9,16-18H,4,6-7,10-15H2,1-3H3. The molecule has 2 aliphatic rings. The van der Waals surface area contributed by atoms with Crippen molar-refractivity contribution in [3.8, 4) is 17.2 Å². The molecule has 2 aromatic heterocycles. The summed E-state index contributed by atoms with van der Waals surface area (Å²) in [7, 11) is 5.85. The topological polar surface area (TPSA) is 74.9 Å². The average Bonchev–Trinajstić information content (AvgIpc) is 2.81. The highest BCUT2D eigenvalue weighted by molar-refractivity contribution is 5.85. The molecule has 3 aromatic rings. The Hall–Kier alpha value is -2.97. The second-order valence-electron chi connectivity index (χ2n) is 9.55. The van der Waals surface area contributed by atoms with Gasteiger partial charge in [-0.15, -0.1) is 0 Å². The Morgan fingerprint density at radius 1 is 1.18 bits per heavy atom. The predicted molar refractivity (Wildman–Crippen MR) is 134 cm³/mol. The first-order valence-electron chi connectivity index (χ1n) is 12.1. The molecule has 0 amide bonds. The molecule has 2 fully saturated rings. The zero-order valence-electron chi connectivity index (χ0n) is 20.3. The van der Waals surface area contributed by atoms with Crippen molar-refractivity contribution in [2.45, 2.75) is 25.2 Å². The molecule has 34 heavy (non-hydrogen) atoms. The van der Waals surface area contributed by atoms with E-state index in [1.165, 1.54) is 6.42 Å². The molecule has 0 bridgehead atoms. The van der Waals surface area contributed by atoms with E-state index >= 15 is 0 Å². The van der Waals surface area contributed by atoms with Gasteiger partial charge in [0.25, 0.3) is 0 Å². The Morgan fingerprint density at radius 2 is 1.97 bits per heavy atom. The van der Waals surface area contributed by atoms with E-state index in [0.717, 1.165) is 74.8 Å². The minimum atomic E-state index is -0.340. The van der Waals surface area contributed by atoms with Crippen molar-refractivity contribution in [2.24, 2.45) is 0 Å². The average molecular weight is 464 g/mol. The van der Waals surface area contributed by atoms with Crippen LogP contribution in [-0.2, 0) is 0 Å². The Bertz CT molecular complexity index is 1210. The molecule has 0 spiro atoms. The van der Waals surface area contributed by atoms with E-state index in [9.17, 15) is 4.79 Å². The lowest BCUT2D eigenvalue weighted by Gasteiger charge is -2.36. The molecule has 0 radical (unpaired) electrons. The summed E-state index contributed by atoms with van der Waals surface area (Å²) in [6.07, 6.45) is 5.13. The third-order valence-electron chi connectivity index (χ3n) is 7.07. The van der Waals surface area contributed by atoms with Crippen molar-refractivity contribution >= 4 is 16.7 Å². The number of hydrogen-bond acceptors (Lipinski definition) is 8. The number of fused-ring (bicyclic) bond motifs is 1. The highest BCUT2D eigenvalue weighted by Crippen LogP contribution is 2.40. The normalized spacial score (nSPS) is 17.4. The van der Waals surface area contributed by atoms with Crippen LogP contribution in [0.4, 0.5) is 5.82 Å². The second-order valence-corrected chi connectivity index (χ2v) is 9.55. The van der Waals surface area contributed by atoms with Gasteiger partial charge in [0, 0.05) is 51.5 Å². The smallest absolute Gasteiger partial charge is 0.347 e. The molecule has 8 heteroatoms. The third-order valence-corrected chi connectivity index (χ3v) is 7.07. The summed E-state index contributed by atoms with van der Waals surface area (Å²) in [6, 6.07) is 7.60. The molecule has 8 nitrogen and oxygen atoms in total. The number of hydrogen-bond donors (Lipinski definition) is 0. The summed E-state index contributed by atoms with van der Waals surface area (Å²) in [4.78, 5) is 29.6. The van der Waals surface area contributed by atoms with Crippen molar-refractivity contribution in [1.29, 1.82) is 0 Å². The van der Waals surface area contributed by atoms with Gasteiger partial charge in [0.2, 0.25) is 5.89 Å². The lowest BCUT2D eigenvalue weighted by atomic mass is 9.79. The van der Waals surface area contributed by atoms with Gasteiger partial charge < -0.3 is 19.0 Å². The maximum atomic E-state index is 13.2. The van der Waals surface area contributed by atoms with Crippen molar-refractivity contribution < 1.29 is 9.15 Å². The number of rotatable bonds is 7. The summed E-state index contributed by atoms with van der Waals surface area (Å²) in [5.74, 6) is 2.21. The molecule has 1 saturated carbocycles. The zero-order valence-corrected chi connectivity index (χ0v) is 20.3. The largest absolute Gasteiger partial charge is 0.497 e. The third kappa shape index (κ3) is 4.52. The van der Waals surface area contributed by atoms with E-state index in [1.54, 1.807) is 13.3 Å². The number of aromatic nitrogens is 2. The van der Waals surface area contributed by atoms with Gasteiger partial charge in [-0.2, -0.15) is 0 Å². The monoisotopic (exact) mass is 463 g/mol. The first kappa shape index (κ1) is 22.8. The van der Waals surface area contributed by atoms with E-state index < -0.39 is 0 Å². The zero-order chi connectivity index (χ0) is 23.7. The summed E-state index contributed by atoms with van der Waals surface area (Å²) in [6.45, 7) is 5.79. The summed E-state index contributed by atoms with van der Waals surface area (Å²) in [5.41, 5.74) is 2.02. The van der Waals surface area contributed by atoms with Gasteiger partial charge in [0.1, 0.15) is 11.6 Å². The molecule has 0 atom stereocenters. The van der Waals surface area contributed by atoms with Crippen LogP contribution in [0.5, 0.6) is 5.75 Å². The predicted octanol–water partition coefficient (Wildman–Crippen LogP) is 3.21. The van der Waals surface area contributed by atoms with Crippen molar-refractivity contribution in [3.63, 3.8) is 0 Å². The maximum absolute atomic E-state index is 13.2. The number of likely N-dealkylation sites (N-methyl/N-ethyl adjacent to an activating group) is 1. The lowest BCUT2D eigenvalue weighted by Crippen LogP contribution is -2.48. The minimum Gasteiger partial charge on any atom is -0.497 e. The number of benzene rings is 1. The van der Waals surface area contributed by atoms with E-state index in [4.69, 9.17) is 14.1 Å². The molecule has 1 aliphatic carbocycles. The van der Waals surface area contributed by atoms with Crippen LogP contribution < -0.4 is 15.3 Å². The first-order valence-corrected chi connectivity index (χ1v) is 12.1. The van der Waals surface area contributed by atoms with Crippen LogP contribution >= 0.6 is 0 Å². The molecule has 1 saturated heterocycles. The van der Waals surface area contributed by atoms with Crippen LogP contribution in [0.2, 0.25) is 0 Å². The van der Waals surface area contributed by atoms with Crippen LogP contribution in [0, 0.1) is 0 Å². The van der Waals surface area contributed by atoms with E-state index in [2.05, 4.69) is 33.8 Å².